The highest BCUT2D eigenvalue weighted by molar-refractivity contribution is 6.00. The highest BCUT2D eigenvalue weighted by Crippen LogP contribution is 2.29. The Morgan fingerprint density at radius 2 is 1.86 bits per heavy atom. The second-order valence-corrected chi connectivity index (χ2v) is 10.6. The van der Waals surface area contributed by atoms with Gasteiger partial charge in [0.15, 0.2) is 11.5 Å². The minimum Gasteiger partial charge on any atom is -0.350 e. The van der Waals surface area contributed by atoms with Gasteiger partial charge in [0, 0.05) is 36.2 Å². The van der Waals surface area contributed by atoms with E-state index in [0.717, 1.165) is 24.9 Å². The van der Waals surface area contributed by atoms with Crippen LogP contribution < -0.4 is 16.0 Å². The first-order valence-corrected chi connectivity index (χ1v) is 12.6. The van der Waals surface area contributed by atoms with Gasteiger partial charge in [-0.3, -0.25) is 4.79 Å². The topological polar surface area (TPSA) is 95.1 Å². The lowest BCUT2D eigenvalue weighted by Crippen LogP contribution is -2.33. The highest BCUT2D eigenvalue weighted by Gasteiger charge is 2.23. The number of aryl methyl sites for hydroxylation is 1. The van der Waals surface area contributed by atoms with E-state index in [-0.39, 0.29) is 17.8 Å². The number of anilines is 4. The average Bonchev–Trinajstić information content (AvgIpc) is 2.83. The van der Waals surface area contributed by atoms with E-state index in [1.807, 2.05) is 13.8 Å². The van der Waals surface area contributed by atoms with Crippen LogP contribution in [0.15, 0.2) is 42.7 Å². The van der Waals surface area contributed by atoms with Gasteiger partial charge in [-0.25, -0.2) is 19.3 Å². The van der Waals surface area contributed by atoms with Crippen LogP contribution in [0.5, 0.6) is 0 Å². The van der Waals surface area contributed by atoms with Crippen molar-refractivity contribution in [1.29, 1.82) is 0 Å². The summed E-state index contributed by atoms with van der Waals surface area (Å²) in [5.74, 6) is 0.755. The molecule has 1 atom stereocenters. The Bertz CT molecular complexity index is 1270. The molecule has 1 aromatic carbocycles. The minimum atomic E-state index is -1.69. The molecule has 1 aliphatic rings. The summed E-state index contributed by atoms with van der Waals surface area (Å²) in [4.78, 5) is 28.0. The van der Waals surface area contributed by atoms with Crippen LogP contribution >= 0.6 is 0 Å². The Morgan fingerprint density at radius 3 is 2.57 bits per heavy atom. The number of aromatic nitrogens is 3. The molecule has 0 saturated heterocycles. The molecule has 0 aliphatic heterocycles. The van der Waals surface area contributed by atoms with Crippen LogP contribution in [-0.2, 0) is 18.5 Å². The summed E-state index contributed by atoms with van der Waals surface area (Å²) in [6, 6.07) is 10.3. The molecule has 37 heavy (non-hydrogen) atoms. The molecule has 2 aromatic heterocycles. The number of carbonyl (C=O) groups is 1. The molecule has 1 unspecified atom stereocenters. The van der Waals surface area contributed by atoms with Crippen molar-refractivity contribution in [3.8, 4) is 0 Å². The van der Waals surface area contributed by atoms with Crippen LogP contribution in [-0.4, -0.2) is 51.9 Å². The number of likely N-dealkylation sites (N-methyl/N-ethyl adjacent to an activating group) is 1. The molecule has 1 aliphatic carbocycles. The second-order valence-electron chi connectivity index (χ2n) is 10.6. The molecule has 3 N–H and O–H groups in total. The summed E-state index contributed by atoms with van der Waals surface area (Å²) < 4.78 is 14.4. The number of nitrogens with zero attached hydrogens (tertiary/aromatic N) is 4. The predicted octanol–water partition coefficient (Wildman–Crippen LogP) is 5.12. The van der Waals surface area contributed by atoms with Crippen molar-refractivity contribution in [2.45, 2.75) is 64.7 Å². The van der Waals surface area contributed by atoms with Crippen molar-refractivity contribution in [1.82, 2.24) is 25.2 Å². The summed E-state index contributed by atoms with van der Waals surface area (Å²) in [7, 11) is 4.27. The smallest absolute Gasteiger partial charge is 0.255 e. The van der Waals surface area contributed by atoms with Crippen LogP contribution in [0.3, 0.4) is 0 Å². The van der Waals surface area contributed by atoms with E-state index in [9.17, 15) is 9.18 Å². The molecule has 3 aromatic rings. The molecule has 4 rings (SSSR count). The fourth-order valence-electron chi connectivity index (χ4n) is 4.40. The van der Waals surface area contributed by atoms with E-state index < -0.39 is 5.67 Å². The summed E-state index contributed by atoms with van der Waals surface area (Å²) in [6.45, 7) is 6.60. The lowest BCUT2D eigenvalue weighted by molar-refractivity contribution is 0.0943. The molecule has 9 heteroatoms. The molecule has 0 spiro atoms. The zero-order valence-corrected chi connectivity index (χ0v) is 22.4. The van der Waals surface area contributed by atoms with Gasteiger partial charge in [0.05, 0.1) is 11.3 Å². The standard InChI is InChI=1S/C28H36FN7O/c1-17(2)32-26(37)22-16-31-25(15-23(22)34-24-11-12-30-27(35-24)28(3,4)29)33-20-9-7-19-14-21(36(5)6)10-8-18(19)13-20/h7,9,11-13,15-17,21H,8,10,14H2,1-6H3,(H,32,37)(H2,30,31,33,34,35). The maximum Gasteiger partial charge on any atom is 0.255 e. The number of hydrogen-bond acceptors (Lipinski definition) is 7. The number of nitrogens with one attached hydrogen (secondary N) is 3. The lowest BCUT2D eigenvalue weighted by Gasteiger charge is -2.30. The summed E-state index contributed by atoms with van der Waals surface area (Å²) in [5.41, 5.74) is 2.82. The third-order valence-corrected chi connectivity index (χ3v) is 6.43. The van der Waals surface area contributed by atoms with Gasteiger partial charge in [0.2, 0.25) is 0 Å². The van der Waals surface area contributed by atoms with Crippen molar-refractivity contribution in [3.05, 3.63) is 65.2 Å². The lowest BCUT2D eigenvalue weighted by atomic mass is 9.87. The normalized spacial score (nSPS) is 15.4. The predicted molar refractivity (Wildman–Crippen MR) is 146 cm³/mol. The second kappa shape index (κ2) is 10.8. The molecule has 1 amide bonds. The SMILES string of the molecule is CC(C)NC(=O)c1cnc(Nc2ccc3c(c2)CCC(N(C)C)C3)cc1Nc1ccnc(C(C)(C)F)n1. The van der Waals surface area contributed by atoms with Crippen LogP contribution in [0.25, 0.3) is 0 Å². The van der Waals surface area contributed by atoms with Gasteiger partial charge in [-0.2, -0.15) is 0 Å². The number of rotatable bonds is 8. The Labute approximate surface area is 218 Å². The number of pyridine rings is 1. The first-order chi connectivity index (χ1) is 17.5. The first-order valence-electron chi connectivity index (χ1n) is 12.6. The van der Waals surface area contributed by atoms with E-state index >= 15 is 0 Å². The Kier molecular flexibility index (Phi) is 7.73. The minimum absolute atomic E-state index is 0.0428. The quantitative estimate of drug-likeness (QED) is 0.391. The largest absolute Gasteiger partial charge is 0.350 e. The van der Waals surface area contributed by atoms with Gasteiger partial charge >= 0.3 is 0 Å². The number of amides is 1. The van der Waals surface area contributed by atoms with Gasteiger partial charge in [0.25, 0.3) is 5.91 Å². The van der Waals surface area contributed by atoms with Crippen LogP contribution in [0, 0.1) is 0 Å². The zero-order valence-electron chi connectivity index (χ0n) is 22.4. The van der Waals surface area contributed by atoms with Crippen LogP contribution in [0.2, 0.25) is 0 Å². The Hall–Kier alpha value is -3.59. The molecular formula is C28H36FN7O. The molecular weight excluding hydrogens is 469 g/mol. The fourth-order valence-corrected chi connectivity index (χ4v) is 4.40. The average molecular weight is 506 g/mol. The Balaban J connectivity index is 1.61. The monoisotopic (exact) mass is 505 g/mol. The number of carbonyl (C=O) groups excluding carboxylic acids is 1. The van der Waals surface area contributed by atoms with E-state index in [2.05, 4.69) is 68.1 Å². The molecule has 8 nitrogen and oxygen atoms in total. The number of halogens is 1. The van der Waals surface area contributed by atoms with Crippen molar-refractivity contribution in [3.63, 3.8) is 0 Å². The van der Waals surface area contributed by atoms with Crippen molar-refractivity contribution in [2.75, 3.05) is 24.7 Å². The van der Waals surface area contributed by atoms with Crippen molar-refractivity contribution in [2.24, 2.45) is 0 Å². The van der Waals surface area contributed by atoms with Gasteiger partial charge in [-0.15, -0.1) is 0 Å². The molecule has 0 bridgehead atoms. The summed E-state index contributed by atoms with van der Waals surface area (Å²) in [5, 5.41) is 9.44. The first kappa shape index (κ1) is 26.5. The number of alkyl halides is 1. The third kappa shape index (κ3) is 6.60. The van der Waals surface area contributed by atoms with E-state index in [0.29, 0.717) is 28.9 Å². The number of fused-ring (bicyclic) bond motifs is 1. The highest BCUT2D eigenvalue weighted by atomic mass is 19.1. The van der Waals surface area contributed by atoms with Crippen molar-refractivity contribution >= 4 is 28.9 Å². The van der Waals surface area contributed by atoms with Crippen LogP contribution in [0.1, 0.15) is 61.4 Å². The molecule has 0 fully saturated rings. The molecule has 0 saturated carbocycles. The summed E-state index contributed by atoms with van der Waals surface area (Å²) in [6.07, 6.45) is 6.23. The van der Waals surface area contributed by atoms with E-state index in [1.54, 1.807) is 12.1 Å². The Morgan fingerprint density at radius 1 is 1.08 bits per heavy atom. The third-order valence-electron chi connectivity index (χ3n) is 6.43. The molecule has 196 valence electrons. The van der Waals surface area contributed by atoms with Gasteiger partial charge < -0.3 is 20.9 Å². The van der Waals surface area contributed by atoms with Crippen molar-refractivity contribution < 1.29 is 9.18 Å². The zero-order chi connectivity index (χ0) is 26.7. The van der Waals surface area contributed by atoms with Gasteiger partial charge in [-0.05, 0) is 90.4 Å². The fraction of sp³-hybridized carbons (Fsp3) is 0.429. The molecule has 2 heterocycles. The van der Waals surface area contributed by atoms with E-state index in [1.165, 1.54) is 37.4 Å². The maximum absolute atomic E-state index is 14.4. The van der Waals surface area contributed by atoms with Gasteiger partial charge in [-0.1, -0.05) is 6.07 Å². The summed E-state index contributed by atoms with van der Waals surface area (Å²) >= 11 is 0. The van der Waals surface area contributed by atoms with Gasteiger partial charge in [0.1, 0.15) is 11.6 Å². The number of hydrogen-bond donors (Lipinski definition) is 3. The van der Waals surface area contributed by atoms with E-state index in [4.69, 9.17) is 0 Å². The molecule has 0 radical (unpaired) electrons. The van der Waals surface area contributed by atoms with Crippen LogP contribution in [0.4, 0.5) is 27.4 Å². The number of benzene rings is 1. The maximum atomic E-state index is 14.4.